The molecule has 2 rings (SSSR count). The summed E-state index contributed by atoms with van der Waals surface area (Å²) in [6.07, 6.45) is 6.40. The number of aromatic amines is 1. The zero-order valence-electron chi connectivity index (χ0n) is 14.6. The average Bonchev–Trinajstić information content (AvgIpc) is 2.97. The van der Waals surface area contributed by atoms with Crippen LogP contribution in [0.2, 0.25) is 0 Å². The van der Waals surface area contributed by atoms with Gasteiger partial charge in [-0.2, -0.15) is 11.8 Å². The van der Waals surface area contributed by atoms with Crippen molar-refractivity contribution >= 4 is 28.6 Å². The second kappa shape index (κ2) is 8.29. The highest BCUT2D eigenvalue weighted by atomic mass is 32.2. The molecule has 0 saturated heterocycles. The molecule has 0 bridgehead atoms. The molecule has 2 aromatic rings. The minimum Gasteiger partial charge on any atom is -0.361 e. The SMILES string of the molecule is CN=C(NCCCc1c[nH]c2ccccc12)NCC(C)(C)SC. The van der Waals surface area contributed by atoms with E-state index >= 15 is 0 Å². The lowest BCUT2D eigenvalue weighted by Crippen LogP contribution is -2.43. The fourth-order valence-corrected chi connectivity index (χ4v) is 2.63. The molecule has 1 heterocycles. The zero-order valence-corrected chi connectivity index (χ0v) is 15.4. The quantitative estimate of drug-likeness (QED) is 0.414. The van der Waals surface area contributed by atoms with Crippen LogP contribution in [0.15, 0.2) is 35.5 Å². The van der Waals surface area contributed by atoms with Gasteiger partial charge >= 0.3 is 0 Å². The van der Waals surface area contributed by atoms with E-state index < -0.39 is 0 Å². The molecular weight excluding hydrogens is 304 g/mol. The van der Waals surface area contributed by atoms with Gasteiger partial charge in [0.25, 0.3) is 0 Å². The molecule has 0 aliphatic carbocycles. The van der Waals surface area contributed by atoms with Gasteiger partial charge in [-0.25, -0.2) is 0 Å². The lowest BCUT2D eigenvalue weighted by Gasteiger charge is -2.23. The smallest absolute Gasteiger partial charge is 0.191 e. The Labute approximate surface area is 143 Å². The average molecular weight is 333 g/mol. The van der Waals surface area contributed by atoms with Crippen LogP contribution in [-0.4, -0.2) is 42.1 Å². The predicted octanol–water partition coefficient (Wildman–Crippen LogP) is 3.41. The van der Waals surface area contributed by atoms with Crippen molar-refractivity contribution in [1.82, 2.24) is 15.6 Å². The summed E-state index contributed by atoms with van der Waals surface area (Å²) in [5.41, 5.74) is 2.60. The van der Waals surface area contributed by atoms with Gasteiger partial charge in [0.05, 0.1) is 0 Å². The lowest BCUT2D eigenvalue weighted by molar-refractivity contribution is 0.659. The summed E-state index contributed by atoms with van der Waals surface area (Å²) >= 11 is 1.86. The highest BCUT2D eigenvalue weighted by molar-refractivity contribution is 7.99. The van der Waals surface area contributed by atoms with Gasteiger partial charge in [0.15, 0.2) is 5.96 Å². The van der Waals surface area contributed by atoms with Crippen molar-refractivity contribution in [3.63, 3.8) is 0 Å². The number of aryl methyl sites for hydroxylation is 1. The fourth-order valence-electron chi connectivity index (χ4n) is 2.41. The van der Waals surface area contributed by atoms with E-state index in [9.17, 15) is 0 Å². The van der Waals surface area contributed by atoms with Gasteiger partial charge in [-0.15, -0.1) is 0 Å². The summed E-state index contributed by atoms with van der Waals surface area (Å²) in [5.74, 6) is 0.881. The highest BCUT2D eigenvalue weighted by Crippen LogP contribution is 2.19. The van der Waals surface area contributed by atoms with Crippen LogP contribution in [0.3, 0.4) is 0 Å². The Morgan fingerprint density at radius 3 is 2.78 bits per heavy atom. The van der Waals surface area contributed by atoms with Crippen LogP contribution >= 0.6 is 11.8 Å². The molecule has 1 aromatic carbocycles. The third-order valence-electron chi connectivity index (χ3n) is 4.05. The van der Waals surface area contributed by atoms with E-state index in [2.05, 4.69) is 71.2 Å². The van der Waals surface area contributed by atoms with Crippen LogP contribution in [0.4, 0.5) is 0 Å². The first-order chi connectivity index (χ1) is 11.1. The largest absolute Gasteiger partial charge is 0.361 e. The summed E-state index contributed by atoms with van der Waals surface area (Å²) in [6, 6.07) is 8.46. The minimum atomic E-state index is 0.210. The predicted molar refractivity (Wildman–Crippen MR) is 104 cm³/mol. The Morgan fingerprint density at radius 1 is 1.26 bits per heavy atom. The van der Waals surface area contributed by atoms with E-state index in [1.807, 2.05) is 18.8 Å². The number of aromatic nitrogens is 1. The number of benzene rings is 1. The molecule has 0 amide bonds. The topological polar surface area (TPSA) is 52.2 Å². The number of aliphatic imine (C=N–C) groups is 1. The molecule has 0 aliphatic heterocycles. The van der Waals surface area contributed by atoms with Gasteiger partial charge in [0.1, 0.15) is 0 Å². The molecule has 0 radical (unpaired) electrons. The van der Waals surface area contributed by atoms with Gasteiger partial charge in [-0.05, 0) is 44.6 Å². The molecule has 0 aliphatic rings. The van der Waals surface area contributed by atoms with Gasteiger partial charge in [-0.3, -0.25) is 4.99 Å². The van der Waals surface area contributed by atoms with Crippen molar-refractivity contribution in [2.24, 2.45) is 4.99 Å². The molecule has 0 spiro atoms. The summed E-state index contributed by atoms with van der Waals surface area (Å²) in [7, 11) is 1.82. The number of fused-ring (bicyclic) bond motifs is 1. The first-order valence-corrected chi connectivity index (χ1v) is 9.33. The molecule has 1 aromatic heterocycles. The second-order valence-electron chi connectivity index (χ2n) is 6.28. The molecule has 126 valence electrons. The number of thioether (sulfide) groups is 1. The fraction of sp³-hybridized carbons (Fsp3) is 0.500. The van der Waals surface area contributed by atoms with Gasteiger partial charge in [-0.1, -0.05) is 18.2 Å². The molecule has 0 unspecified atom stereocenters. The normalized spacial score (nSPS) is 12.6. The number of para-hydroxylation sites is 1. The molecule has 0 atom stereocenters. The van der Waals surface area contributed by atoms with E-state index in [1.54, 1.807) is 0 Å². The maximum atomic E-state index is 4.29. The van der Waals surface area contributed by atoms with E-state index in [-0.39, 0.29) is 4.75 Å². The molecule has 4 nitrogen and oxygen atoms in total. The van der Waals surface area contributed by atoms with Crippen LogP contribution in [0.1, 0.15) is 25.8 Å². The van der Waals surface area contributed by atoms with Crippen molar-refractivity contribution in [3.8, 4) is 0 Å². The highest BCUT2D eigenvalue weighted by Gasteiger charge is 2.15. The lowest BCUT2D eigenvalue weighted by atomic mass is 10.1. The number of guanidine groups is 1. The minimum absolute atomic E-state index is 0.210. The van der Waals surface area contributed by atoms with Crippen molar-refractivity contribution < 1.29 is 0 Å². The first-order valence-electron chi connectivity index (χ1n) is 8.10. The molecule has 0 saturated carbocycles. The number of nitrogens with one attached hydrogen (secondary N) is 3. The number of hydrogen-bond donors (Lipinski definition) is 3. The van der Waals surface area contributed by atoms with Crippen molar-refractivity contribution in [1.29, 1.82) is 0 Å². The van der Waals surface area contributed by atoms with E-state index in [0.29, 0.717) is 0 Å². The van der Waals surface area contributed by atoms with Crippen LogP contribution in [0, 0.1) is 0 Å². The van der Waals surface area contributed by atoms with Gasteiger partial charge < -0.3 is 15.6 Å². The summed E-state index contributed by atoms with van der Waals surface area (Å²) in [4.78, 5) is 7.62. The van der Waals surface area contributed by atoms with Crippen LogP contribution in [-0.2, 0) is 6.42 Å². The summed E-state index contributed by atoms with van der Waals surface area (Å²) < 4.78 is 0.210. The number of hydrogen-bond acceptors (Lipinski definition) is 2. The Bertz CT molecular complexity index is 645. The van der Waals surface area contributed by atoms with Crippen LogP contribution in [0.5, 0.6) is 0 Å². The van der Waals surface area contributed by atoms with Crippen molar-refractivity contribution in [2.75, 3.05) is 26.4 Å². The van der Waals surface area contributed by atoms with Gasteiger partial charge in [0.2, 0.25) is 0 Å². The number of nitrogens with zero attached hydrogens (tertiary/aromatic N) is 1. The molecule has 3 N–H and O–H groups in total. The Balaban J connectivity index is 1.76. The molecular formula is C18H28N4S. The monoisotopic (exact) mass is 332 g/mol. The first kappa shape index (κ1) is 17.7. The van der Waals surface area contributed by atoms with Crippen molar-refractivity contribution in [3.05, 3.63) is 36.0 Å². The standard InChI is InChI=1S/C18H28N4S/c1-18(2,23-4)13-22-17(19-3)20-11-7-8-14-12-21-16-10-6-5-9-15(14)16/h5-6,9-10,12,21H,7-8,11,13H2,1-4H3,(H2,19,20,22). The van der Waals surface area contributed by atoms with Crippen LogP contribution in [0.25, 0.3) is 10.9 Å². The van der Waals surface area contributed by atoms with E-state index in [1.165, 1.54) is 16.5 Å². The zero-order chi connectivity index (χ0) is 16.7. The third-order valence-corrected chi connectivity index (χ3v) is 5.30. The summed E-state index contributed by atoms with van der Waals surface area (Å²) in [5, 5.41) is 8.12. The summed E-state index contributed by atoms with van der Waals surface area (Å²) in [6.45, 7) is 6.28. The number of H-pyrrole nitrogens is 1. The van der Waals surface area contributed by atoms with Crippen LogP contribution < -0.4 is 10.6 Å². The maximum Gasteiger partial charge on any atom is 0.191 e. The molecule has 0 fully saturated rings. The third kappa shape index (κ3) is 5.20. The second-order valence-corrected chi connectivity index (χ2v) is 7.79. The van der Waals surface area contributed by atoms with Gasteiger partial charge in [0, 0.05) is 42.0 Å². The number of rotatable bonds is 7. The Morgan fingerprint density at radius 2 is 2.04 bits per heavy atom. The molecule has 5 heteroatoms. The van der Waals surface area contributed by atoms with Crippen molar-refractivity contribution in [2.45, 2.75) is 31.4 Å². The Kier molecular flexibility index (Phi) is 6.39. The molecule has 23 heavy (non-hydrogen) atoms. The maximum absolute atomic E-state index is 4.29. The Hall–Kier alpha value is -1.62. The van der Waals surface area contributed by atoms with E-state index in [0.717, 1.165) is 31.9 Å². The van der Waals surface area contributed by atoms with E-state index in [4.69, 9.17) is 0 Å².